The zero-order valence-electron chi connectivity index (χ0n) is 22.1. The first-order valence-corrected chi connectivity index (χ1v) is 14.9. The highest BCUT2D eigenvalue weighted by Crippen LogP contribution is 2.36. The number of carbonyl (C=O) groups is 2. The summed E-state index contributed by atoms with van der Waals surface area (Å²) in [5, 5.41) is 6.64. The Morgan fingerprint density at radius 3 is 1.67 bits per heavy atom. The summed E-state index contributed by atoms with van der Waals surface area (Å²) >= 11 is 0. The molecule has 0 bridgehead atoms. The molecular formula is C30H33ClN2O5S. The average molecular weight is 569 g/mol. The van der Waals surface area contributed by atoms with Crippen molar-refractivity contribution < 1.29 is 22.7 Å². The quantitative estimate of drug-likeness (QED) is 0.236. The first kappa shape index (κ1) is 29.9. The van der Waals surface area contributed by atoms with E-state index in [2.05, 4.69) is 10.6 Å². The van der Waals surface area contributed by atoms with Gasteiger partial charge >= 0.3 is 6.09 Å². The van der Waals surface area contributed by atoms with Crippen LogP contribution < -0.4 is 10.6 Å². The van der Waals surface area contributed by atoms with Gasteiger partial charge in [0.15, 0.2) is 0 Å². The number of carbonyl (C=O) groups excluding carboxylic acids is 2. The van der Waals surface area contributed by atoms with Gasteiger partial charge in [0, 0.05) is 22.5 Å². The molecule has 0 aliphatic heterocycles. The van der Waals surface area contributed by atoms with Crippen molar-refractivity contribution in [1.82, 2.24) is 10.6 Å². The molecule has 39 heavy (non-hydrogen) atoms. The third kappa shape index (κ3) is 8.97. The van der Waals surface area contributed by atoms with Crippen LogP contribution in [0.1, 0.15) is 50.3 Å². The zero-order valence-corrected chi connectivity index (χ0v) is 23.7. The number of hydrogen-bond acceptors (Lipinski definition) is 5. The molecule has 0 aliphatic carbocycles. The fourth-order valence-corrected chi connectivity index (χ4v) is 4.76. The third-order valence-electron chi connectivity index (χ3n) is 5.81. The van der Waals surface area contributed by atoms with Crippen molar-refractivity contribution in [1.29, 1.82) is 0 Å². The van der Waals surface area contributed by atoms with Gasteiger partial charge in [0.05, 0.1) is 6.04 Å². The lowest BCUT2D eigenvalue weighted by Crippen LogP contribution is -2.48. The predicted molar refractivity (Wildman–Crippen MR) is 154 cm³/mol. The predicted octanol–water partition coefficient (Wildman–Crippen LogP) is 5.85. The summed E-state index contributed by atoms with van der Waals surface area (Å²) in [4.78, 5) is 25.9. The first-order chi connectivity index (χ1) is 18.4. The maximum Gasteiger partial charge on any atom is 0.408 e. The Balaban J connectivity index is 1.93. The van der Waals surface area contributed by atoms with Crippen molar-refractivity contribution in [3.05, 3.63) is 119 Å². The molecule has 1 unspecified atom stereocenters. The summed E-state index contributed by atoms with van der Waals surface area (Å²) in [6.07, 6.45) is 0.569. The summed E-state index contributed by atoms with van der Waals surface area (Å²) in [6.45, 7) is 5.14. The molecule has 3 aromatic rings. The molecule has 0 saturated carbocycles. The molecule has 9 heteroatoms. The second-order valence-electron chi connectivity index (χ2n) is 9.99. The monoisotopic (exact) mass is 568 g/mol. The minimum absolute atomic E-state index is 0.0264. The van der Waals surface area contributed by atoms with Gasteiger partial charge < -0.3 is 15.4 Å². The van der Waals surface area contributed by atoms with Crippen molar-refractivity contribution in [3.8, 4) is 0 Å². The van der Waals surface area contributed by atoms with Gasteiger partial charge in [-0.25, -0.2) is 13.2 Å². The number of halogens is 1. The van der Waals surface area contributed by atoms with Crippen LogP contribution in [0.15, 0.2) is 102 Å². The van der Waals surface area contributed by atoms with Gasteiger partial charge in [0.1, 0.15) is 11.1 Å². The van der Waals surface area contributed by atoms with Gasteiger partial charge in [0.25, 0.3) is 9.05 Å². The van der Waals surface area contributed by atoms with E-state index in [9.17, 15) is 18.0 Å². The fourth-order valence-electron chi connectivity index (χ4n) is 4.20. The topological polar surface area (TPSA) is 102 Å². The van der Waals surface area contributed by atoms with Crippen molar-refractivity contribution >= 4 is 31.7 Å². The van der Waals surface area contributed by atoms with E-state index in [0.717, 1.165) is 22.1 Å². The second-order valence-corrected chi connectivity index (χ2v) is 12.5. The highest BCUT2D eigenvalue weighted by Gasteiger charge is 2.37. The largest absolute Gasteiger partial charge is 0.444 e. The number of hydrogen-bond donors (Lipinski definition) is 2. The highest BCUT2D eigenvalue weighted by molar-refractivity contribution is 8.16. The zero-order chi connectivity index (χ0) is 28.5. The van der Waals surface area contributed by atoms with Crippen LogP contribution in [0.25, 0.3) is 0 Å². The molecule has 2 N–H and O–H groups in total. The van der Waals surface area contributed by atoms with Gasteiger partial charge in [-0.15, -0.1) is 0 Å². The molecule has 3 rings (SSSR count). The van der Waals surface area contributed by atoms with Crippen molar-refractivity contribution in [3.63, 3.8) is 0 Å². The molecular weight excluding hydrogens is 536 g/mol. The second kappa shape index (κ2) is 13.0. The maximum atomic E-state index is 13.6. The van der Waals surface area contributed by atoms with E-state index < -0.39 is 32.3 Å². The summed E-state index contributed by atoms with van der Waals surface area (Å²) in [6, 6.07) is 28.2. The molecule has 0 fully saturated rings. The van der Waals surface area contributed by atoms with E-state index in [4.69, 9.17) is 15.4 Å². The number of alkyl carbamates (subject to hydrolysis) is 1. The van der Waals surface area contributed by atoms with E-state index in [-0.39, 0.29) is 18.7 Å². The van der Waals surface area contributed by atoms with Crippen LogP contribution in [0.2, 0.25) is 0 Å². The summed E-state index contributed by atoms with van der Waals surface area (Å²) in [5.41, 5.74) is 0.853. The third-order valence-corrected chi connectivity index (χ3v) is 6.60. The van der Waals surface area contributed by atoms with Crippen LogP contribution >= 0.6 is 10.7 Å². The Morgan fingerprint density at radius 2 is 1.28 bits per heavy atom. The first-order valence-electron chi connectivity index (χ1n) is 12.5. The van der Waals surface area contributed by atoms with Gasteiger partial charge in [-0.3, -0.25) is 4.79 Å². The Morgan fingerprint density at radius 1 is 0.846 bits per heavy atom. The van der Waals surface area contributed by atoms with Crippen LogP contribution in [0.3, 0.4) is 0 Å². The van der Waals surface area contributed by atoms with Crippen molar-refractivity contribution in [2.75, 3.05) is 0 Å². The Labute approximate surface area is 234 Å². The lowest BCUT2D eigenvalue weighted by molar-refractivity contribution is -0.122. The Hall–Kier alpha value is -3.62. The minimum atomic E-state index is -3.97. The molecule has 2 amide bonds. The number of benzene rings is 3. The smallest absolute Gasteiger partial charge is 0.408 e. The van der Waals surface area contributed by atoms with Crippen LogP contribution in [0, 0.1) is 0 Å². The van der Waals surface area contributed by atoms with Crippen molar-refractivity contribution in [2.24, 2.45) is 0 Å². The van der Waals surface area contributed by atoms with Crippen LogP contribution in [-0.4, -0.2) is 32.1 Å². The molecule has 0 heterocycles. The summed E-state index contributed by atoms with van der Waals surface area (Å²) < 4.78 is 28.3. The average Bonchev–Trinajstić information content (AvgIpc) is 2.89. The SMILES string of the molecule is CC(C)(C)OC(=O)NC(/C=C/S(=O)(=O)Cl)CCC(=O)NC(c1ccccc1)(c1ccccc1)c1ccccc1. The van der Waals surface area contributed by atoms with Gasteiger partial charge in [-0.2, -0.15) is 0 Å². The van der Waals surface area contributed by atoms with Gasteiger partial charge in [-0.05, 0) is 50.0 Å². The van der Waals surface area contributed by atoms with Crippen LogP contribution in [-0.2, 0) is 24.1 Å². The van der Waals surface area contributed by atoms with Gasteiger partial charge in [0.2, 0.25) is 5.91 Å². The normalized spacial score (nSPS) is 13.0. The molecule has 0 aromatic heterocycles. The van der Waals surface area contributed by atoms with E-state index in [1.807, 2.05) is 91.0 Å². The molecule has 0 spiro atoms. The number of rotatable bonds is 10. The summed E-state index contributed by atoms with van der Waals surface area (Å²) in [7, 11) is 1.37. The van der Waals surface area contributed by atoms with E-state index in [1.165, 1.54) is 6.08 Å². The van der Waals surface area contributed by atoms with Crippen molar-refractivity contribution in [2.45, 2.75) is 50.8 Å². The van der Waals surface area contributed by atoms with E-state index in [0.29, 0.717) is 0 Å². The Kier molecular flexibility index (Phi) is 9.94. The standard InChI is InChI=1S/C30H33ClN2O5S/c1-29(2,3)38-28(35)32-26(21-22-39(31,36)37)19-20-27(34)33-30(23-13-7-4-8-14-23,24-15-9-5-10-16-24)25-17-11-6-12-18-25/h4-18,21-22,26H,19-20H2,1-3H3,(H,32,35)(H,33,34)/b22-21+. The minimum Gasteiger partial charge on any atom is -0.444 e. The number of amides is 2. The summed E-state index contributed by atoms with van der Waals surface area (Å²) in [5.74, 6) is -0.301. The number of ether oxygens (including phenoxy) is 1. The number of nitrogens with one attached hydrogen (secondary N) is 2. The van der Waals surface area contributed by atoms with Crippen LogP contribution in [0.5, 0.6) is 0 Å². The lowest BCUT2D eigenvalue weighted by atomic mass is 9.77. The highest BCUT2D eigenvalue weighted by atomic mass is 35.7. The molecule has 206 valence electrons. The molecule has 3 aromatic carbocycles. The van der Waals surface area contributed by atoms with Crippen LogP contribution in [0.4, 0.5) is 4.79 Å². The molecule has 0 saturated heterocycles. The lowest BCUT2D eigenvalue weighted by Gasteiger charge is -2.37. The molecule has 0 radical (unpaired) electrons. The molecule has 7 nitrogen and oxygen atoms in total. The maximum absolute atomic E-state index is 13.6. The van der Waals surface area contributed by atoms with E-state index >= 15 is 0 Å². The van der Waals surface area contributed by atoms with Gasteiger partial charge in [-0.1, -0.05) is 91.0 Å². The fraction of sp³-hybridized carbons (Fsp3) is 0.267. The van der Waals surface area contributed by atoms with E-state index in [1.54, 1.807) is 20.8 Å². The molecule has 0 aliphatic rings. The Bertz CT molecular complexity index is 1280. The molecule has 1 atom stereocenters.